The number of Topliss-reactive ketones (excluding diaryl/α,β-unsaturated/α-hetero) is 1. The quantitative estimate of drug-likeness (QED) is 0.465. The van der Waals surface area contributed by atoms with E-state index in [0.717, 1.165) is 6.42 Å². The minimum absolute atomic E-state index is 0.407. The molecule has 0 saturated heterocycles. The van der Waals surface area contributed by atoms with Crippen LogP contribution in [0, 0.1) is 11.8 Å². The molecule has 0 N–H and O–H groups in total. The molecule has 0 aromatic heterocycles. The Labute approximate surface area is 61.1 Å². The van der Waals surface area contributed by atoms with E-state index in [9.17, 15) is 4.79 Å². The van der Waals surface area contributed by atoms with Gasteiger partial charge in [-0.1, -0.05) is 18.6 Å². The highest BCUT2D eigenvalue weighted by Gasteiger charge is 2.32. The molecule has 1 heteroatoms. The van der Waals surface area contributed by atoms with Gasteiger partial charge in [0.25, 0.3) is 0 Å². The average Bonchev–Trinajstić information content (AvgIpc) is 2.36. The van der Waals surface area contributed by atoms with Crippen LogP contribution in [0.2, 0.25) is 0 Å². The summed E-state index contributed by atoms with van der Waals surface area (Å²) in [6, 6.07) is 0. The third-order valence-electron chi connectivity index (χ3n) is 2.69. The number of ketones is 1. The van der Waals surface area contributed by atoms with E-state index in [-0.39, 0.29) is 0 Å². The summed E-state index contributed by atoms with van der Waals surface area (Å²) < 4.78 is 0. The molecule has 1 fully saturated rings. The second-order valence-electron chi connectivity index (χ2n) is 3.30. The van der Waals surface area contributed by atoms with Crippen molar-refractivity contribution >= 4 is 5.78 Å². The van der Waals surface area contributed by atoms with Gasteiger partial charge in [-0.3, -0.25) is 4.79 Å². The van der Waals surface area contributed by atoms with Crippen LogP contribution in [0.3, 0.4) is 0 Å². The fraction of sp³-hybridized carbons (Fsp3) is 0.667. The van der Waals surface area contributed by atoms with E-state index in [1.165, 1.54) is 12.8 Å². The summed E-state index contributed by atoms with van der Waals surface area (Å²) in [6.07, 6.45) is 8.61. The first-order valence-corrected chi connectivity index (χ1v) is 4.07. The lowest BCUT2D eigenvalue weighted by atomic mass is 9.86. The number of rotatable bonds is 0. The van der Waals surface area contributed by atoms with E-state index < -0.39 is 0 Å². The van der Waals surface area contributed by atoms with E-state index in [4.69, 9.17) is 0 Å². The van der Waals surface area contributed by atoms with Gasteiger partial charge in [0, 0.05) is 12.3 Å². The number of fused-ring (bicyclic) bond motifs is 1. The highest BCUT2D eigenvalue weighted by molar-refractivity contribution is 5.84. The molecule has 10 heavy (non-hydrogen) atoms. The van der Waals surface area contributed by atoms with Crippen molar-refractivity contribution in [3.05, 3.63) is 12.2 Å². The van der Waals surface area contributed by atoms with Gasteiger partial charge in [-0.25, -0.2) is 0 Å². The summed E-state index contributed by atoms with van der Waals surface area (Å²) in [5, 5.41) is 0. The molecular weight excluding hydrogens is 124 g/mol. The molecule has 0 radical (unpaired) electrons. The molecule has 1 nitrogen and oxygen atoms in total. The lowest BCUT2D eigenvalue weighted by Gasteiger charge is -2.17. The Bertz CT molecular complexity index is 181. The number of carbonyl (C=O) groups is 1. The van der Waals surface area contributed by atoms with Crippen LogP contribution in [0.5, 0.6) is 0 Å². The number of allylic oxidation sites excluding steroid dienone is 2. The van der Waals surface area contributed by atoms with Gasteiger partial charge in [0.15, 0.2) is 0 Å². The lowest BCUT2D eigenvalue weighted by molar-refractivity contribution is -0.123. The zero-order valence-corrected chi connectivity index (χ0v) is 6.05. The minimum atomic E-state index is 0.407. The summed E-state index contributed by atoms with van der Waals surface area (Å²) in [6.45, 7) is 0. The third-order valence-corrected chi connectivity index (χ3v) is 2.69. The maximum Gasteiger partial charge on any atom is 0.140 e. The van der Waals surface area contributed by atoms with Crippen LogP contribution in [-0.2, 0) is 4.79 Å². The van der Waals surface area contributed by atoms with E-state index in [2.05, 4.69) is 6.08 Å². The Morgan fingerprint density at radius 3 is 3.10 bits per heavy atom. The fourth-order valence-electron chi connectivity index (χ4n) is 2.13. The van der Waals surface area contributed by atoms with Crippen LogP contribution in [0.4, 0.5) is 0 Å². The number of hydrogen-bond donors (Lipinski definition) is 0. The monoisotopic (exact) mass is 136 g/mol. The Balaban J connectivity index is 2.22. The van der Waals surface area contributed by atoms with Crippen LogP contribution in [0.15, 0.2) is 12.2 Å². The predicted molar refractivity (Wildman–Crippen MR) is 39.6 cm³/mol. The summed E-state index contributed by atoms with van der Waals surface area (Å²) in [7, 11) is 0. The van der Waals surface area contributed by atoms with E-state index in [1.807, 2.05) is 6.08 Å². The maximum absolute atomic E-state index is 11.2. The van der Waals surface area contributed by atoms with Crippen LogP contribution < -0.4 is 0 Å². The Hall–Kier alpha value is -0.590. The van der Waals surface area contributed by atoms with Crippen molar-refractivity contribution in [3.8, 4) is 0 Å². The van der Waals surface area contributed by atoms with Crippen molar-refractivity contribution < 1.29 is 4.79 Å². The lowest BCUT2D eigenvalue weighted by Crippen LogP contribution is -2.19. The number of carbonyl (C=O) groups excluding carboxylic acids is 1. The van der Waals surface area contributed by atoms with Gasteiger partial charge >= 0.3 is 0 Å². The minimum Gasteiger partial charge on any atom is -0.299 e. The molecule has 2 atom stereocenters. The highest BCUT2D eigenvalue weighted by Crippen LogP contribution is 2.36. The molecule has 1 saturated carbocycles. The molecule has 0 aliphatic heterocycles. The molecular formula is C9H12O. The first-order valence-electron chi connectivity index (χ1n) is 4.07. The van der Waals surface area contributed by atoms with Crippen molar-refractivity contribution in [2.45, 2.75) is 25.7 Å². The van der Waals surface area contributed by atoms with Crippen molar-refractivity contribution in [1.29, 1.82) is 0 Å². The molecule has 0 spiro atoms. The van der Waals surface area contributed by atoms with Gasteiger partial charge in [0.1, 0.15) is 5.78 Å². The van der Waals surface area contributed by atoms with Crippen molar-refractivity contribution in [1.82, 2.24) is 0 Å². The summed E-state index contributed by atoms with van der Waals surface area (Å²) in [4.78, 5) is 11.2. The van der Waals surface area contributed by atoms with Crippen LogP contribution in [0.1, 0.15) is 25.7 Å². The van der Waals surface area contributed by atoms with Crippen LogP contribution in [0.25, 0.3) is 0 Å². The Morgan fingerprint density at radius 2 is 2.30 bits per heavy atom. The highest BCUT2D eigenvalue weighted by atomic mass is 16.1. The van der Waals surface area contributed by atoms with Crippen LogP contribution >= 0.6 is 0 Å². The molecule has 2 unspecified atom stereocenters. The van der Waals surface area contributed by atoms with Gasteiger partial charge < -0.3 is 0 Å². The summed E-state index contributed by atoms with van der Waals surface area (Å²) in [5.41, 5.74) is 0. The molecule has 0 aromatic rings. The normalized spacial score (nSPS) is 38.2. The predicted octanol–water partition coefficient (Wildman–Crippen LogP) is 1.93. The van der Waals surface area contributed by atoms with E-state index >= 15 is 0 Å². The molecule has 2 rings (SSSR count). The first-order chi connectivity index (χ1) is 4.88. The van der Waals surface area contributed by atoms with Crippen molar-refractivity contribution in [2.24, 2.45) is 11.8 Å². The standard InChI is InChI=1S/C9H12O/c10-9-6-2-4-7-3-1-5-8(7)9/h2,4,7-8H,1,3,5-6H2. The topological polar surface area (TPSA) is 17.1 Å². The first kappa shape index (κ1) is 6.14. The average molecular weight is 136 g/mol. The molecule has 0 heterocycles. The van der Waals surface area contributed by atoms with Crippen molar-refractivity contribution in [3.63, 3.8) is 0 Å². The SMILES string of the molecule is O=C1CC=CC2CCCC12. The number of hydrogen-bond acceptors (Lipinski definition) is 1. The molecule has 2 aliphatic carbocycles. The molecule has 2 aliphatic rings. The van der Waals surface area contributed by atoms with Gasteiger partial charge in [0.2, 0.25) is 0 Å². The zero-order chi connectivity index (χ0) is 6.97. The van der Waals surface area contributed by atoms with Gasteiger partial charge in [-0.15, -0.1) is 0 Å². The summed E-state index contributed by atoms with van der Waals surface area (Å²) >= 11 is 0. The molecule has 0 amide bonds. The van der Waals surface area contributed by atoms with Crippen LogP contribution in [-0.4, -0.2) is 5.78 Å². The second kappa shape index (κ2) is 2.22. The molecule has 54 valence electrons. The van der Waals surface area contributed by atoms with E-state index in [0.29, 0.717) is 24.0 Å². The van der Waals surface area contributed by atoms with E-state index in [1.54, 1.807) is 0 Å². The molecule has 0 bridgehead atoms. The Kier molecular flexibility index (Phi) is 1.37. The zero-order valence-electron chi connectivity index (χ0n) is 6.05. The summed E-state index contributed by atoms with van der Waals surface area (Å²) in [5.74, 6) is 1.50. The third kappa shape index (κ3) is 0.808. The largest absolute Gasteiger partial charge is 0.299 e. The fourth-order valence-corrected chi connectivity index (χ4v) is 2.13. The van der Waals surface area contributed by atoms with Gasteiger partial charge in [0.05, 0.1) is 0 Å². The molecule has 0 aromatic carbocycles. The Morgan fingerprint density at radius 1 is 1.40 bits per heavy atom. The van der Waals surface area contributed by atoms with Crippen molar-refractivity contribution in [2.75, 3.05) is 0 Å². The maximum atomic E-state index is 11.2. The smallest absolute Gasteiger partial charge is 0.140 e. The van der Waals surface area contributed by atoms with Gasteiger partial charge in [-0.2, -0.15) is 0 Å². The second-order valence-corrected chi connectivity index (χ2v) is 3.30. The van der Waals surface area contributed by atoms with Gasteiger partial charge in [-0.05, 0) is 18.8 Å².